The number of carbonyl (C=O) groups excluding carboxylic acids is 2. The molecule has 11 heteroatoms. The molecule has 0 radical (unpaired) electrons. The number of nitro groups is 1. The van der Waals surface area contributed by atoms with Gasteiger partial charge in [0.2, 0.25) is 0 Å². The number of aromatic carboxylic acids is 1. The molecule has 2 rings (SSSR count). The normalized spacial score (nSPS) is 10.4. The number of hydrogen-bond acceptors (Lipinski definition) is 7. The lowest BCUT2D eigenvalue weighted by molar-refractivity contribution is -0.380. The summed E-state index contributed by atoms with van der Waals surface area (Å²) in [6.45, 7) is 0. The summed E-state index contributed by atoms with van der Waals surface area (Å²) in [6.07, 6.45) is 1.15. The zero-order chi connectivity index (χ0) is 18.4. The minimum Gasteiger partial charge on any atom is -0.478 e. The number of carboxylic acid groups (broad SMARTS) is 1. The molecular formula is C14H10N4O6S. The van der Waals surface area contributed by atoms with Crippen molar-refractivity contribution in [1.29, 1.82) is 0 Å². The van der Waals surface area contributed by atoms with Crippen molar-refractivity contribution in [2.75, 3.05) is 5.32 Å². The van der Waals surface area contributed by atoms with Crippen LogP contribution in [0.2, 0.25) is 0 Å². The van der Waals surface area contributed by atoms with Gasteiger partial charge in [-0.2, -0.15) is 5.10 Å². The third-order valence-corrected chi connectivity index (χ3v) is 3.73. The Bertz CT molecular complexity index is 876. The number of anilines is 1. The lowest BCUT2D eigenvalue weighted by Gasteiger charge is -2.06. The Kier molecular flexibility index (Phi) is 5.53. The standard InChI is InChI=1S/C14H10N4O6S/c19-12(16-10-4-2-1-3-9(10)14(21)22)13(20)17-15-7-8-5-6-11(25-8)18(23)24/h1-7H,(H,16,19)(H,17,20)(H,21,22)/b15-7+. The molecule has 0 saturated carbocycles. The quantitative estimate of drug-likeness (QED) is 0.317. The lowest BCUT2D eigenvalue weighted by Crippen LogP contribution is -2.32. The fourth-order valence-corrected chi connectivity index (χ4v) is 2.37. The monoisotopic (exact) mass is 362 g/mol. The van der Waals surface area contributed by atoms with Crippen molar-refractivity contribution in [2.24, 2.45) is 5.10 Å². The van der Waals surface area contributed by atoms with Crippen molar-refractivity contribution in [3.8, 4) is 0 Å². The average molecular weight is 362 g/mol. The van der Waals surface area contributed by atoms with Gasteiger partial charge in [0.25, 0.3) is 0 Å². The number of nitrogens with zero attached hydrogens (tertiary/aromatic N) is 2. The third kappa shape index (κ3) is 4.68. The average Bonchev–Trinajstić information content (AvgIpc) is 3.04. The first-order valence-electron chi connectivity index (χ1n) is 6.59. The van der Waals surface area contributed by atoms with E-state index in [2.05, 4.69) is 10.4 Å². The topological polar surface area (TPSA) is 151 Å². The predicted octanol–water partition coefficient (Wildman–Crippen LogP) is 1.44. The molecule has 25 heavy (non-hydrogen) atoms. The van der Waals surface area contributed by atoms with E-state index in [1.807, 2.05) is 5.43 Å². The summed E-state index contributed by atoms with van der Waals surface area (Å²) >= 11 is 0.843. The van der Waals surface area contributed by atoms with Crippen LogP contribution in [0.1, 0.15) is 15.2 Å². The highest BCUT2D eigenvalue weighted by Crippen LogP contribution is 2.22. The van der Waals surface area contributed by atoms with Gasteiger partial charge in [-0.1, -0.05) is 23.5 Å². The summed E-state index contributed by atoms with van der Waals surface area (Å²) in [6, 6.07) is 8.30. The van der Waals surface area contributed by atoms with E-state index in [1.54, 1.807) is 0 Å². The Morgan fingerprint density at radius 3 is 2.52 bits per heavy atom. The molecule has 0 aliphatic carbocycles. The number of nitrogens with one attached hydrogen (secondary N) is 2. The van der Waals surface area contributed by atoms with Crippen molar-refractivity contribution >= 4 is 46.0 Å². The molecule has 0 saturated heterocycles. The van der Waals surface area contributed by atoms with Gasteiger partial charge in [-0.3, -0.25) is 19.7 Å². The molecule has 0 spiro atoms. The summed E-state index contributed by atoms with van der Waals surface area (Å²) in [4.78, 5) is 44.8. The molecule has 0 atom stereocenters. The van der Waals surface area contributed by atoms with Crippen LogP contribution < -0.4 is 10.7 Å². The first kappa shape index (κ1) is 17.7. The molecule has 1 aromatic heterocycles. The second-order valence-electron chi connectivity index (χ2n) is 4.44. The van der Waals surface area contributed by atoms with Crippen molar-refractivity contribution in [3.63, 3.8) is 0 Å². The highest BCUT2D eigenvalue weighted by molar-refractivity contribution is 7.16. The van der Waals surface area contributed by atoms with Crippen LogP contribution in [0.25, 0.3) is 0 Å². The van der Waals surface area contributed by atoms with E-state index < -0.39 is 22.7 Å². The Labute approximate surface area is 143 Å². The van der Waals surface area contributed by atoms with Gasteiger partial charge in [0, 0.05) is 6.07 Å². The van der Waals surface area contributed by atoms with Gasteiger partial charge in [0.05, 0.1) is 27.3 Å². The van der Waals surface area contributed by atoms with Crippen LogP contribution in [0.5, 0.6) is 0 Å². The van der Waals surface area contributed by atoms with Crippen LogP contribution >= 0.6 is 11.3 Å². The van der Waals surface area contributed by atoms with Gasteiger partial charge in [-0.25, -0.2) is 10.2 Å². The van der Waals surface area contributed by atoms with Crippen LogP contribution in [0.15, 0.2) is 41.5 Å². The Hall–Kier alpha value is -3.60. The van der Waals surface area contributed by atoms with E-state index in [0.717, 1.165) is 17.6 Å². The number of para-hydroxylation sites is 1. The van der Waals surface area contributed by atoms with E-state index in [4.69, 9.17) is 5.11 Å². The van der Waals surface area contributed by atoms with E-state index >= 15 is 0 Å². The van der Waals surface area contributed by atoms with Gasteiger partial charge in [-0.05, 0) is 18.2 Å². The summed E-state index contributed by atoms with van der Waals surface area (Å²) in [5, 5.41) is 25.1. The fraction of sp³-hybridized carbons (Fsp3) is 0. The molecule has 1 heterocycles. The number of benzene rings is 1. The third-order valence-electron chi connectivity index (χ3n) is 2.76. The van der Waals surface area contributed by atoms with Gasteiger partial charge >= 0.3 is 22.8 Å². The van der Waals surface area contributed by atoms with E-state index in [0.29, 0.717) is 4.88 Å². The van der Waals surface area contributed by atoms with Gasteiger partial charge in [0.1, 0.15) is 0 Å². The number of thiophene rings is 1. The summed E-state index contributed by atoms with van der Waals surface area (Å²) < 4.78 is 0. The zero-order valence-corrected chi connectivity index (χ0v) is 13.1. The summed E-state index contributed by atoms with van der Waals surface area (Å²) in [5.74, 6) is -3.49. The summed E-state index contributed by atoms with van der Waals surface area (Å²) in [5.41, 5.74) is 1.74. The number of carboxylic acids is 1. The van der Waals surface area contributed by atoms with E-state index in [9.17, 15) is 24.5 Å². The molecule has 3 N–H and O–H groups in total. The SMILES string of the molecule is O=C(N/N=C/c1ccc([N+](=O)[O-])s1)C(=O)Nc1ccccc1C(=O)O. The molecule has 0 aliphatic rings. The largest absolute Gasteiger partial charge is 0.478 e. The molecule has 128 valence electrons. The Balaban J connectivity index is 1.96. The van der Waals surface area contributed by atoms with Crippen LogP contribution in [-0.4, -0.2) is 34.0 Å². The van der Waals surface area contributed by atoms with Crippen LogP contribution in [0.4, 0.5) is 10.7 Å². The molecule has 1 aromatic carbocycles. The molecule has 10 nitrogen and oxygen atoms in total. The zero-order valence-electron chi connectivity index (χ0n) is 12.3. The van der Waals surface area contributed by atoms with E-state index in [-0.39, 0.29) is 16.3 Å². The number of hydrazone groups is 1. The maximum Gasteiger partial charge on any atom is 0.337 e. The molecule has 2 aromatic rings. The Morgan fingerprint density at radius 1 is 1.16 bits per heavy atom. The number of rotatable bonds is 5. The fourth-order valence-electron chi connectivity index (χ4n) is 1.67. The molecule has 0 fully saturated rings. The first-order chi connectivity index (χ1) is 11.9. The number of carbonyl (C=O) groups is 3. The minimum atomic E-state index is -1.26. The first-order valence-corrected chi connectivity index (χ1v) is 7.41. The van der Waals surface area contributed by atoms with Crippen LogP contribution in [-0.2, 0) is 9.59 Å². The molecule has 2 amide bonds. The van der Waals surface area contributed by atoms with Crippen LogP contribution in [0.3, 0.4) is 0 Å². The lowest BCUT2D eigenvalue weighted by atomic mass is 10.2. The van der Waals surface area contributed by atoms with E-state index in [1.165, 1.54) is 36.4 Å². The smallest absolute Gasteiger partial charge is 0.337 e. The minimum absolute atomic E-state index is 0.0342. The maximum atomic E-state index is 11.7. The highest BCUT2D eigenvalue weighted by atomic mass is 32.1. The highest BCUT2D eigenvalue weighted by Gasteiger charge is 2.17. The second kappa shape index (κ2) is 7.79. The second-order valence-corrected chi connectivity index (χ2v) is 5.53. The van der Waals surface area contributed by atoms with Crippen molar-refractivity contribution < 1.29 is 24.4 Å². The molecule has 0 unspecified atom stereocenters. The molecule has 0 bridgehead atoms. The Morgan fingerprint density at radius 2 is 1.88 bits per heavy atom. The van der Waals surface area contributed by atoms with Gasteiger partial charge in [-0.15, -0.1) is 0 Å². The number of amides is 2. The maximum absolute atomic E-state index is 11.7. The van der Waals surface area contributed by atoms with Gasteiger partial charge in [0.15, 0.2) is 0 Å². The van der Waals surface area contributed by atoms with Crippen molar-refractivity contribution in [2.45, 2.75) is 0 Å². The number of hydrogen-bond donors (Lipinski definition) is 3. The predicted molar refractivity (Wildman–Crippen MR) is 88.7 cm³/mol. The van der Waals surface area contributed by atoms with Gasteiger partial charge < -0.3 is 10.4 Å². The molecule has 0 aliphatic heterocycles. The van der Waals surface area contributed by atoms with Crippen molar-refractivity contribution in [1.82, 2.24) is 5.43 Å². The van der Waals surface area contributed by atoms with Crippen LogP contribution in [0, 0.1) is 10.1 Å². The summed E-state index contributed by atoms with van der Waals surface area (Å²) in [7, 11) is 0. The molecular weight excluding hydrogens is 352 g/mol. The van der Waals surface area contributed by atoms with Crippen molar-refractivity contribution in [3.05, 3.63) is 57.0 Å².